The first kappa shape index (κ1) is 25.0. The molecule has 3 aromatic carbocycles. The van der Waals surface area contributed by atoms with Crippen LogP contribution in [0.3, 0.4) is 0 Å². The molecule has 0 bridgehead atoms. The van der Waals surface area contributed by atoms with Crippen LogP contribution >= 0.6 is 23.1 Å². The van der Waals surface area contributed by atoms with Crippen molar-refractivity contribution in [3.8, 4) is 21.6 Å². The molecule has 1 aromatic heterocycles. The zero-order valence-corrected chi connectivity index (χ0v) is 21.9. The van der Waals surface area contributed by atoms with Gasteiger partial charge < -0.3 is 9.84 Å². The predicted molar refractivity (Wildman–Crippen MR) is 146 cm³/mol. The number of aryl methyl sites for hydroxylation is 1. The number of halogens is 1. The molecule has 1 aliphatic carbocycles. The van der Waals surface area contributed by atoms with Crippen molar-refractivity contribution >= 4 is 40.9 Å². The van der Waals surface area contributed by atoms with Crippen LogP contribution in [0.5, 0.6) is 0 Å². The fourth-order valence-corrected chi connectivity index (χ4v) is 5.56. The highest BCUT2D eigenvalue weighted by molar-refractivity contribution is 7.10. The van der Waals surface area contributed by atoms with Crippen LogP contribution < -0.4 is 5.32 Å². The Labute approximate surface area is 224 Å². The molecule has 6 nitrogen and oxygen atoms in total. The molecule has 37 heavy (non-hydrogen) atoms. The van der Waals surface area contributed by atoms with Gasteiger partial charge in [0.05, 0.1) is 21.7 Å². The third kappa shape index (κ3) is 4.97. The summed E-state index contributed by atoms with van der Waals surface area (Å²) < 4.78 is 10.0. The van der Waals surface area contributed by atoms with E-state index in [9.17, 15) is 14.7 Å². The number of rotatable bonds is 7. The second-order valence-electron chi connectivity index (χ2n) is 9.21. The van der Waals surface area contributed by atoms with Gasteiger partial charge >= 0.3 is 12.1 Å². The molecule has 0 unspecified atom stereocenters. The fourth-order valence-electron chi connectivity index (χ4n) is 4.42. The van der Waals surface area contributed by atoms with Gasteiger partial charge in [-0.2, -0.15) is 4.37 Å². The van der Waals surface area contributed by atoms with Crippen molar-refractivity contribution in [1.82, 2.24) is 4.37 Å². The second-order valence-corrected chi connectivity index (χ2v) is 10.4. The summed E-state index contributed by atoms with van der Waals surface area (Å²) in [6.45, 7) is 3.62. The Morgan fingerprint density at radius 3 is 2.19 bits per heavy atom. The Morgan fingerprint density at radius 1 is 1.00 bits per heavy atom. The number of nitrogens with zero attached hydrogens (tertiary/aromatic N) is 1. The average molecular weight is 533 g/mol. The highest BCUT2D eigenvalue weighted by Crippen LogP contribution is 2.48. The number of benzene rings is 3. The van der Waals surface area contributed by atoms with Crippen LogP contribution in [-0.2, 0) is 14.9 Å². The molecule has 1 heterocycles. The molecular formula is C29H25ClN2O4S. The van der Waals surface area contributed by atoms with Crippen LogP contribution in [0, 0.1) is 6.92 Å². The number of carbonyl (C=O) groups excluding carboxylic acids is 1. The van der Waals surface area contributed by atoms with Crippen LogP contribution in [0.1, 0.15) is 42.7 Å². The summed E-state index contributed by atoms with van der Waals surface area (Å²) >= 11 is 7.54. The summed E-state index contributed by atoms with van der Waals surface area (Å²) in [5.41, 5.74) is 5.14. The highest BCUT2D eigenvalue weighted by atomic mass is 35.5. The van der Waals surface area contributed by atoms with Gasteiger partial charge in [0.2, 0.25) is 0 Å². The molecule has 1 atom stereocenters. The van der Waals surface area contributed by atoms with E-state index >= 15 is 0 Å². The number of carboxylic acid groups (broad SMARTS) is 1. The zero-order valence-electron chi connectivity index (χ0n) is 20.3. The molecule has 8 heteroatoms. The molecule has 0 radical (unpaired) electrons. The van der Waals surface area contributed by atoms with Crippen molar-refractivity contribution in [3.05, 3.63) is 94.6 Å². The maximum absolute atomic E-state index is 12.7. The molecule has 2 N–H and O–H groups in total. The maximum atomic E-state index is 12.7. The maximum Gasteiger partial charge on any atom is 0.412 e. The highest BCUT2D eigenvalue weighted by Gasteiger charge is 2.51. The lowest BCUT2D eigenvalue weighted by atomic mass is 9.93. The van der Waals surface area contributed by atoms with Gasteiger partial charge in [-0.1, -0.05) is 78.3 Å². The summed E-state index contributed by atoms with van der Waals surface area (Å²) in [6.07, 6.45) is 0.282. The number of carboxylic acids is 1. The molecule has 1 amide bonds. The van der Waals surface area contributed by atoms with Gasteiger partial charge in [-0.05, 0) is 66.5 Å². The summed E-state index contributed by atoms with van der Waals surface area (Å²) in [5.74, 6) is -0.754. The monoisotopic (exact) mass is 532 g/mol. The molecule has 0 aliphatic heterocycles. The van der Waals surface area contributed by atoms with Crippen molar-refractivity contribution < 1.29 is 19.4 Å². The van der Waals surface area contributed by atoms with E-state index < -0.39 is 23.6 Å². The number of hydrogen-bond acceptors (Lipinski definition) is 5. The molecule has 1 saturated carbocycles. The zero-order chi connectivity index (χ0) is 26.2. The first-order valence-corrected chi connectivity index (χ1v) is 13.1. The van der Waals surface area contributed by atoms with Crippen LogP contribution in [0.25, 0.3) is 21.6 Å². The fraction of sp³-hybridized carbons (Fsp3) is 0.207. The normalized spacial score (nSPS) is 14.6. The molecular weight excluding hydrogens is 508 g/mol. The standard InChI is InChI=1S/C29H25ClN2O4S/c1-17-25(31-28(35)36-18(2)23-5-3-4-6-24(23)30)26(37-32-17)21-9-7-19(8-10-21)20-11-13-22(14-12-20)29(15-16-29)27(33)34/h3-14,18H,15-16H2,1-2H3,(H,31,35)(H,33,34)/t18-/m1/s1. The first-order valence-electron chi connectivity index (χ1n) is 11.9. The van der Waals surface area contributed by atoms with E-state index in [0.717, 1.165) is 32.7 Å². The number of ether oxygens (including phenoxy) is 1. The van der Waals surface area contributed by atoms with Crippen molar-refractivity contribution in [1.29, 1.82) is 0 Å². The Kier molecular flexibility index (Phi) is 6.75. The van der Waals surface area contributed by atoms with Gasteiger partial charge in [0, 0.05) is 10.6 Å². The Bertz CT molecular complexity index is 1460. The largest absolute Gasteiger partial charge is 0.481 e. The van der Waals surface area contributed by atoms with Crippen LogP contribution in [0.2, 0.25) is 5.02 Å². The van der Waals surface area contributed by atoms with Crippen molar-refractivity contribution in [2.75, 3.05) is 5.32 Å². The van der Waals surface area contributed by atoms with Gasteiger partial charge in [0.1, 0.15) is 6.10 Å². The Hall–Kier alpha value is -3.68. The minimum Gasteiger partial charge on any atom is -0.481 e. The molecule has 1 fully saturated rings. The van der Waals surface area contributed by atoms with Crippen molar-refractivity contribution in [3.63, 3.8) is 0 Å². The number of hydrogen-bond donors (Lipinski definition) is 2. The van der Waals surface area contributed by atoms with Crippen LogP contribution in [0.15, 0.2) is 72.8 Å². The molecule has 1 aliphatic rings. The topological polar surface area (TPSA) is 88.5 Å². The summed E-state index contributed by atoms with van der Waals surface area (Å²) in [6, 6.07) is 23.0. The first-order chi connectivity index (χ1) is 17.8. The van der Waals surface area contributed by atoms with Gasteiger partial charge in [0.25, 0.3) is 0 Å². The summed E-state index contributed by atoms with van der Waals surface area (Å²) in [7, 11) is 0. The van der Waals surface area contributed by atoms with Crippen molar-refractivity contribution in [2.24, 2.45) is 0 Å². The number of carbonyl (C=O) groups is 2. The summed E-state index contributed by atoms with van der Waals surface area (Å²) in [5, 5.41) is 12.9. The van der Waals surface area contributed by atoms with Gasteiger partial charge in [0.15, 0.2) is 0 Å². The minimum absolute atomic E-state index is 0.514. The lowest BCUT2D eigenvalue weighted by molar-refractivity contribution is -0.140. The van der Waals surface area contributed by atoms with E-state index in [1.54, 1.807) is 13.0 Å². The second kappa shape index (κ2) is 10.00. The molecule has 4 aromatic rings. The number of aromatic nitrogens is 1. The lowest BCUT2D eigenvalue weighted by Gasteiger charge is -2.16. The van der Waals surface area contributed by atoms with E-state index in [4.69, 9.17) is 16.3 Å². The van der Waals surface area contributed by atoms with E-state index in [-0.39, 0.29) is 0 Å². The average Bonchev–Trinajstić information content (AvgIpc) is 3.64. The lowest BCUT2D eigenvalue weighted by Crippen LogP contribution is -2.19. The third-order valence-electron chi connectivity index (χ3n) is 6.79. The molecule has 188 valence electrons. The molecule has 5 rings (SSSR count). The van der Waals surface area contributed by atoms with Crippen molar-refractivity contribution in [2.45, 2.75) is 38.2 Å². The van der Waals surface area contributed by atoms with Gasteiger partial charge in [-0.15, -0.1) is 0 Å². The smallest absolute Gasteiger partial charge is 0.412 e. The molecule has 0 spiro atoms. The van der Waals surface area contributed by atoms with E-state index in [0.29, 0.717) is 29.2 Å². The Morgan fingerprint density at radius 2 is 1.59 bits per heavy atom. The SMILES string of the molecule is Cc1nsc(-c2ccc(-c3ccc(C4(C(=O)O)CC4)cc3)cc2)c1NC(=O)O[C@H](C)c1ccccc1Cl. The van der Waals surface area contributed by atoms with E-state index in [2.05, 4.69) is 9.69 Å². The minimum atomic E-state index is -0.754. The van der Waals surface area contributed by atoms with E-state index in [1.807, 2.05) is 73.7 Å². The number of amides is 1. The summed E-state index contributed by atoms with van der Waals surface area (Å²) in [4.78, 5) is 25.1. The number of anilines is 1. The van der Waals surface area contributed by atoms with E-state index in [1.165, 1.54) is 11.5 Å². The predicted octanol–water partition coefficient (Wildman–Crippen LogP) is 7.86. The van der Waals surface area contributed by atoms with Gasteiger partial charge in [-0.25, -0.2) is 4.79 Å². The molecule has 0 saturated heterocycles. The van der Waals surface area contributed by atoms with Crippen LogP contribution in [-0.4, -0.2) is 21.5 Å². The third-order valence-corrected chi connectivity index (χ3v) is 8.13. The van der Waals surface area contributed by atoms with Gasteiger partial charge in [-0.3, -0.25) is 10.1 Å². The quantitative estimate of drug-likeness (QED) is 0.253. The van der Waals surface area contributed by atoms with Crippen LogP contribution in [0.4, 0.5) is 10.5 Å². The number of aliphatic carboxylic acids is 1. The Balaban J connectivity index is 1.30. The number of nitrogens with one attached hydrogen (secondary N) is 1.